The molecule has 0 fully saturated rings. The fraction of sp³-hybridized carbons (Fsp3) is 0.500. The zero-order valence-electron chi connectivity index (χ0n) is 9.93. The zero-order valence-corrected chi connectivity index (χ0v) is 9.93. The second kappa shape index (κ2) is 5.88. The van der Waals surface area contributed by atoms with E-state index in [2.05, 4.69) is 20.0 Å². The quantitative estimate of drug-likeness (QED) is 0.651. The lowest BCUT2D eigenvalue weighted by Gasteiger charge is -2.09. The molecule has 0 spiro atoms. The fourth-order valence-electron chi connectivity index (χ4n) is 1.16. The summed E-state index contributed by atoms with van der Waals surface area (Å²) in [6, 6.07) is 1.62. The summed E-state index contributed by atoms with van der Waals surface area (Å²) in [6.45, 7) is 4.55. The van der Waals surface area contributed by atoms with Crippen molar-refractivity contribution in [1.29, 1.82) is 0 Å². The predicted molar refractivity (Wildman–Crippen MR) is 64.6 cm³/mol. The molecule has 17 heavy (non-hydrogen) atoms. The van der Waals surface area contributed by atoms with Crippen molar-refractivity contribution in [1.82, 2.24) is 9.97 Å². The first-order chi connectivity index (χ1) is 7.99. The van der Waals surface area contributed by atoms with Gasteiger partial charge in [0.15, 0.2) is 0 Å². The van der Waals surface area contributed by atoms with Gasteiger partial charge in [-0.1, -0.05) is 13.8 Å². The largest absolute Gasteiger partial charge is 0.448 e. The lowest BCUT2D eigenvalue weighted by atomic mass is 10.2. The molecule has 94 valence electrons. The van der Waals surface area contributed by atoms with Gasteiger partial charge in [-0.25, -0.2) is 14.8 Å². The van der Waals surface area contributed by atoms with Crippen LogP contribution in [-0.2, 0) is 4.74 Å². The molecule has 0 bridgehead atoms. The van der Waals surface area contributed by atoms with E-state index in [0.29, 0.717) is 24.0 Å². The molecular formula is C10H17N5O2. The van der Waals surface area contributed by atoms with Gasteiger partial charge >= 0.3 is 6.09 Å². The molecule has 0 saturated carbocycles. The topological polar surface area (TPSA) is 116 Å². The average Bonchev–Trinajstić information content (AvgIpc) is 2.23. The van der Waals surface area contributed by atoms with Crippen LogP contribution in [0.3, 0.4) is 0 Å². The second-order valence-electron chi connectivity index (χ2n) is 3.79. The van der Waals surface area contributed by atoms with Crippen LogP contribution in [0.4, 0.5) is 16.4 Å². The first-order valence-corrected chi connectivity index (χ1v) is 5.29. The van der Waals surface area contributed by atoms with Crippen molar-refractivity contribution >= 4 is 17.7 Å². The minimum absolute atomic E-state index is 0.177. The number of primary amides is 1. The molecule has 0 unspecified atom stereocenters. The molecule has 7 nitrogen and oxygen atoms in total. The Bertz CT molecular complexity index is 394. The molecule has 0 atom stereocenters. The van der Waals surface area contributed by atoms with Gasteiger partial charge in [-0.05, 0) is 0 Å². The Morgan fingerprint density at radius 3 is 2.82 bits per heavy atom. The monoisotopic (exact) mass is 239 g/mol. The summed E-state index contributed by atoms with van der Waals surface area (Å²) in [5.74, 6) is 1.88. The van der Waals surface area contributed by atoms with E-state index in [1.807, 2.05) is 13.8 Å². The maximum atomic E-state index is 10.3. The highest BCUT2D eigenvalue weighted by molar-refractivity contribution is 5.64. The summed E-state index contributed by atoms with van der Waals surface area (Å²) in [5, 5.41) is 2.97. The number of carbonyl (C=O) groups is 1. The summed E-state index contributed by atoms with van der Waals surface area (Å²) in [4.78, 5) is 18.7. The van der Waals surface area contributed by atoms with Crippen molar-refractivity contribution in [2.75, 3.05) is 24.2 Å². The molecule has 5 N–H and O–H groups in total. The van der Waals surface area contributed by atoms with Crippen molar-refractivity contribution in [3.8, 4) is 0 Å². The second-order valence-corrected chi connectivity index (χ2v) is 3.79. The zero-order chi connectivity index (χ0) is 12.8. The number of ether oxygens (including phenoxy) is 1. The van der Waals surface area contributed by atoms with Crippen LogP contribution in [-0.4, -0.2) is 29.2 Å². The van der Waals surface area contributed by atoms with Crippen LogP contribution < -0.4 is 16.8 Å². The Morgan fingerprint density at radius 1 is 1.53 bits per heavy atom. The van der Waals surface area contributed by atoms with Gasteiger partial charge in [0.2, 0.25) is 0 Å². The molecule has 7 heteroatoms. The van der Waals surface area contributed by atoms with Crippen LogP contribution in [0.5, 0.6) is 0 Å². The number of nitrogens with one attached hydrogen (secondary N) is 1. The SMILES string of the molecule is CC(C)c1nc(N)cc(NCCOC(N)=O)n1. The first kappa shape index (κ1) is 13.0. The van der Waals surface area contributed by atoms with Crippen molar-refractivity contribution in [3.05, 3.63) is 11.9 Å². The molecule has 1 heterocycles. The average molecular weight is 239 g/mol. The highest BCUT2D eigenvalue weighted by atomic mass is 16.5. The number of nitrogens with zero attached hydrogens (tertiary/aromatic N) is 2. The van der Waals surface area contributed by atoms with E-state index in [-0.39, 0.29) is 12.5 Å². The van der Waals surface area contributed by atoms with Crippen molar-refractivity contribution in [3.63, 3.8) is 0 Å². The van der Waals surface area contributed by atoms with Crippen molar-refractivity contribution in [2.24, 2.45) is 5.73 Å². The number of hydrogen-bond donors (Lipinski definition) is 3. The maximum Gasteiger partial charge on any atom is 0.404 e. The van der Waals surface area contributed by atoms with E-state index in [9.17, 15) is 4.79 Å². The molecule has 1 amide bonds. The Hall–Kier alpha value is -2.05. The van der Waals surface area contributed by atoms with Crippen LogP contribution in [0.1, 0.15) is 25.6 Å². The minimum Gasteiger partial charge on any atom is -0.448 e. The maximum absolute atomic E-state index is 10.3. The van der Waals surface area contributed by atoms with Crippen LogP contribution in [0.15, 0.2) is 6.07 Å². The smallest absolute Gasteiger partial charge is 0.404 e. The van der Waals surface area contributed by atoms with E-state index in [1.54, 1.807) is 6.07 Å². The summed E-state index contributed by atoms with van der Waals surface area (Å²) in [6.07, 6.45) is -0.795. The highest BCUT2D eigenvalue weighted by Gasteiger charge is 2.06. The number of nitrogens with two attached hydrogens (primary N) is 2. The van der Waals surface area contributed by atoms with Crippen molar-refractivity contribution < 1.29 is 9.53 Å². The number of nitrogen functional groups attached to an aromatic ring is 1. The third-order valence-corrected chi connectivity index (χ3v) is 1.93. The number of rotatable bonds is 5. The molecule has 0 aromatic carbocycles. The number of amides is 1. The summed E-state index contributed by atoms with van der Waals surface area (Å²) in [7, 11) is 0. The Balaban J connectivity index is 2.55. The van der Waals surface area contributed by atoms with E-state index < -0.39 is 6.09 Å². The van der Waals surface area contributed by atoms with Gasteiger partial charge in [-0.2, -0.15) is 0 Å². The number of hydrogen-bond acceptors (Lipinski definition) is 6. The lowest BCUT2D eigenvalue weighted by molar-refractivity contribution is 0.161. The van der Waals surface area contributed by atoms with Gasteiger partial charge in [-0.15, -0.1) is 0 Å². The molecule has 1 aromatic rings. The molecule has 0 aliphatic rings. The summed E-state index contributed by atoms with van der Waals surface area (Å²) in [5.41, 5.74) is 10.5. The minimum atomic E-state index is -0.795. The normalized spacial score (nSPS) is 10.3. The molecule has 0 aliphatic carbocycles. The Morgan fingerprint density at radius 2 is 2.24 bits per heavy atom. The Labute approximate surface area is 99.6 Å². The standard InChI is InChI=1S/C10H17N5O2/c1-6(2)9-14-7(11)5-8(15-9)13-3-4-17-10(12)16/h5-6H,3-4H2,1-2H3,(H2,12,16)(H3,11,13,14,15). The summed E-state index contributed by atoms with van der Waals surface area (Å²) >= 11 is 0. The van der Waals surface area contributed by atoms with E-state index in [0.717, 1.165) is 0 Å². The molecule has 0 radical (unpaired) electrons. The van der Waals surface area contributed by atoms with Gasteiger partial charge in [0.25, 0.3) is 0 Å². The van der Waals surface area contributed by atoms with E-state index >= 15 is 0 Å². The van der Waals surface area contributed by atoms with Crippen LogP contribution in [0.25, 0.3) is 0 Å². The third-order valence-electron chi connectivity index (χ3n) is 1.93. The first-order valence-electron chi connectivity index (χ1n) is 5.29. The number of anilines is 2. The number of aromatic nitrogens is 2. The summed E-state index contributed by atoms with van der Waals surface area (Å²) < 4.78 is 4.57. The van der Waals surface area contributed by atoms with Crippen molar-refractivity contribution in [2.45, 2.75) is 19.8 Å². The van der Waals surface area contributed by atoms with E-state index in [1.165, 1.54) is 0 Å². The molecule has 0 saturated heterocycles. The lowest BCUT2D eigenvalue weighted by Crippen LogP contribution is -2.19. The Kier molecular flexibility index (Phi) is 4.50. The van der Waals surface area contributed by atoms with E-state index in [4.69, 9.17) is 11.5 Å². The molecular weight excluding hydrogens is 222 g/mol. The third kappa shape index (κ3) is 4.54. The predicted octanol–water partition coefficient (Wildman–Crippen LogP) is 0.689. The fourth-order valence-corrected chi connectivity index (χ4v) is 1.16. The van der Waals surface area contributed by atoms with Crippen LogP contribution >= 0.6 is 0 Å². The van der Waals surface area contributed by atoms with Gasteiger partial charge in [0, 0.05) is 12.0 Å². The molecule has 0 aliphatic heterocycles. The van der Waals surface area contributed by atoms with Gasteiger partial charge in [0.05, 0.1) is 6.54 Å². The van der Waals surface area contributed by atoms with Crippen LogP contribution in [0, 0.1) is 0 Å². The molecule has 1 aromatic heterocycles. The highest BCUT2D eigenvalue weighted by Crippen LogP contribution is 2.14. The number of carbonyl (C=O) groups excluding carboxylic acids is 1. The van der Waals surface area contributed by atoms with Gasteiger partial charge in [-0.3, -0.25) is 0 Å². The van der Waals surface area contributed by atoms with Crippen LogP contribution in [0.2, 0.25) is 0 Å². The van der Waals surface area contributed by atoms with Gasteiger partial charge in [0.1, 0.15) is 24.1 Å². The van der Waals surface area contributed by atoms with Gasteiger partial charge < -0.3 is 21.5 Å². The molecule has 1 rings (SSSR count).